The fourth-order valence-electron chi connectivity index (χ4n) is 3.31. The molecule has 1 N–H and O–H groups in total. The number of nitrogens with one attached hydrogen (secondary N) is 1. The summed E-state index contributed by atoms with van der Waals surface area (Å²) in [7, 11) is 0. The van der Waals surface area contributed by atoms with Crippen molar-refractivity contribution in [2.24, 2.45) is 5.92 Å². The molecule has 2 aromatic carbocycles. The average Bonchev–Trinajstić information content (AvgIpc) is 2.92. The van der Waals surface area contributed by atoms with Crippen LogP contribution in [0, 0.1) is 26.7 Å². The van der Waals surface area contributed by atoms with Crippen molar-refractivity contribution in [1.29, 1.82) is 0 Å². The molecular formula is C20H20Cl2N2O2. The van der Waals surface area contributed by atoms with Gasteiger partial charge in [-0.05, 0) is 55.7 Å². The van der Waals surface area contributed by atoms with Crippen LogP contribution in [0.25, 0.3) is 0 Å². The number of hydrogen-bond acceptors (Lipinski definition) is 2. The fraction of sp³-hybridized carbons (Fsp3) is 0.300. The van der Waals surface area contributed by atoms with Crippen LogP contribution in [0.2, 0.25) is 10.0 Å². The Kier molecular flexibility index (Phi) is 5.26. The van der Waals surface area contributed by atoms with Gasteiger partial charge in [0.05, 0.1) is 16.6 Å². The molecule has 3 rings (SSSR count). The van der Waals surface area contributed by atoms with Crippen LogP contribution in [0.15, 0.2) is 30.3 Å². The second-order valence-corrected chi connectivity index (χ2v) is 7.61. The number of rotatable bonds is 3. The summed E-state index contributed by atoms with van der Waals surface area (Å²) in [6, 6.07) is 9.15. The lowest BCUT2D eigenvalue weighted by Gasteiger charge is -2.21. The highest BCUT2D eigenvalue weighted by Gasteiger charge is 2.36. The maximum atomic E-state index is 12.7. The Balaban J connectivity index is 1.79. The van der Waals surface area contributed by atoms with Gasteiger partial charge in [-0.3, -0.25) is 9.59 Å². The number of anilines is 2. The van der Waals surface area contributed by atoms with Crippen LogP contribution in [0.3, 0.4) is 0 Å². The van der Waals surface area contributed by atoms with E-state index in [1.165, 1.54) is 0 Å². The third kappa shape index (κ3) is 3.71. The van der Waals surface area contributed by atoms with E-state index in [4.69, 9.17) is 23.2 Å². The molecule has 1 atom stereocenters. The highest BCUT2D eigenvalue weighted by atomic mass is 35.5. The SMILES string of the molecule is Cc1cc(C)c(N2CC(C(=O)Nc3cc(Cl)ccc3C)CC2=O)c(Cl)c1. The smallest absolute Gasteiger partial charge is 0.229 e. The number of carbonyl (C=O) groups excluding carboxylic acids is 2. The molecule has 2 amide bonds. The Morgan fingerprint density at radius 2 is 1.85 bits per heavy atom. The Morgan fingerprint density at radius 1 is 1.12 bits per heavy atom. The van der Waals surface area contributed by atoms with E-state index in [1.54, 1.807) is 17.0 Å². The first kappa shape index (κ1) is 18.7. The van der Waals surface area contributed by atoms with Gasteiger partial charge in [0.1, 0.15) is 0 Å². The van der Waals surface area contributed by atoms with Gasteiger partial charge in [0.15, 0.2) is 0 Å². The largest absolute Gasteiger partial charge is 0.325 e. The van der Waals surface area contributed by atoms with Crippen LogP contribution in [0.1, 0.15) is 23.1 Å². The van der Waals surface area contributed by atoms with Gasteiger partial charge in [-0.2, -0.15) is 0 Å². The van der Waals surface area contributed by atoms with Crippen LogP contribution in [-0.4, -0.2) is 18.4 Å². The van der Waals surface area contributed by atoms with Crippen LogP contribution in [0.4, 0.5) is 11.4 Å². The maximum Gasteiger partial charge on any atom is 0.229 e. The zero-order chi connectivity index (χ0) is 19.0. The predicted molar refractivity (Wildman–Crippen MR) is 106 cm³/mol. The topological polar surface area (TPSA) is 49.4 Å². The number of nitrogens with zero attached hydrogens (tertiary/aromatic N) is 1. The van der Waals surface area contributed by atoms with Gasteiger partial charge in [-0.25, -0.2) is 0 Å². The summed E-state index contributed by atoms with van der Waals surface area (Å²) in [6.45, 7) is 6.09. The third-order valence-corrected chi connectivity index (χ3v) is 5.14. The lowest BCUT2D eigenvalue weighted by Crippen LogP contribution is -2.29. The lowest BCUT2D eigenvalue weighted by atomic mass is 10.1. The Labute approximate surface area is 163 Å². The molecule has 1 aliphatic rings. The monoisotopic (exact) mass is 390 g/mol. The van der Waals surface area contributed by atoms with Crippen molar-refractivity contribution < 1.29 is 9.59 Å². The Bertz CT molecular complexity index is 872. The average molecular weight is 391 g/mol. The second kappa shape index (κ2) is 7.29. The van der Waals surface area contributed by atoms with E-state index >= 15 is 0 Å². The van der Waals surface area contributed by atoms with E-state index in [2.05, 4.69) is 5.32 Å². The number of halogens is 2. The Morgan fingerprint density at radius 3 is 2.54 bits per heavy atom. The minimum Gasteiger partial charge on any atom is -0.325 e. The van der Waals surface area contributed by atoms with Crippen molar-refractivity contribution in [3.8, 4) is 0 Å². The highest BCUT2D eigenvalue weighted by molar-refractivity contribution is 6.34. The first-order valence-electron chi connectivity index (χ1n) is 8.40. The minimum atomic E-state index is -0.433. The molecule has 0 radical (unpaired) electrons. The predicted octanol–water partition coefficient (Wildman–Crippen LogP) is 4.91. The zero-order valence-corrected chi connectivity index (χ0v) is 16.4. The van der Waals surface area contributed by atoms with Gasteiger partial charge in [0.2, 0.25) is 11.8 Å². The normalized spacial score (nSPS) is 16.9. The number of hydrogen-bond donors (Lipinski definition) is 1. The standard InChI is InChI=1S/C20H20Cl2N2O2/c1-11-6-13(3)19(16(22)7-11)24-10-14(8-18(24)25)20(26)23-17-9-15(21)5-4-12(17)2/h4-7,9,14H,8,10H2,1-3H3,(H,23,26). The van der Waals surface area contributed by atoms with E-state index in [0.29, 0.717) is 28.0 Å². The molecule has 6 heteroatoms. The van der Waals surface area contributed by atoms with Crippen molar-refractivity contribution in [2.45, 2.75) is 27.2 Å². The van der Waals surface area contributed by atoms with E-state index in [9.17, 15) is 9.59 Å². The first-order valence-corrected chi connectivity index (χ1v) is 9.16. The molecule has 2 aromatic rings. The molecule has 1 saturated heterocycles. The summed E-state index contributed by atoms with van der Waals surface area (Å²) in [5.74, 6) is -0.716. The van der Waals surface area contributed by atoms with Crippen molar-refractivity contribution in [1.82, 2.24) is 0 Å². The van der Waals surface area contributed by atoms with Crippen LogP contribution in [-0.2, 0) is 9.59 Å². The molecule has 1 aliphatic heterocycles. The quantitative estimate of drug-likeness (QED) is 0.808. The summed E-state index contributed by atoms with van der Waals surface area (Å²) >= 11 is 12.4. The molecule has 0 aromatic heterocycles. The molecule has 136 valence electrons. The number of aryl methyl sites for hydroxylation is 3. The lowest BCUT2D eigenvalue weighted by molar-refractivity contribution is -0.122. The number of amides is 2. The minimum absolute atomic E-state index is 0.0955. The van der Waals surface area contributed by atoms with E-state index in [1.807, 2.05) is 39.0 Å². The summed E-state index contributed by atoms with van der Waals surface area (Å²) in [4.78, 5) is 26.8. The van der Waals surface area contributed by atoms with Crippen LogP contribution >= 0.6 is 23.2 Å². The third-order valence-electron chi connectivity index (χ3n) is 4.62. The molecule has 4 nitrogen and oxygen atoms in total. The van der Waals surface area contributed by atoms with E-state index in [0.717, 1.165) is 16.7 Å². The molecule has 0 bridgehead atoms. The van der Waals surface area contributed by atoms with Crippen molar-refractivity contribution in [2.75, 3.05) is 16.8 Å². The van der Waals surface area contributed by atoms with Gasteiger partial charge >= 0.3 is 0 Å². The highest BCUT2D eigenvalue weighted by Crippen LogP contribution is 2.35. The van der Waals surface area contributed by atoms with E-state index in [-0.39, 0.29) is 18.2 Å². The van der Waals surface area contributed by atoms with Gasteiger partial charge < -0.3 is 10.2 Å². The molecule has 0 spiro atoms. The number of carbonyl (C=O) groups is 2. The van der Waals surface area contributed by atoms with Crippen molar-refractivity contribution in [3.63, 3.8) is 0 Å². The zero-order valence-electron chi connectivity index (χ0n) is 14.9. The van der Waals surface area contributed by atoms with Gasteiger partial charge in [0, 0.05) is 23.7 Å². The summed E-state index contributed by atoms with van der Waals surface area (Å²) < 4.78 is 0. The van der Waals surface area contributed by atoms with Crippen molar-refractivity contribution in [3.05, 3.63) is 57.1 Å². The van der Waals surface area contributed by atoms with E-state index < -0.39 is 5.92 Å². The molecule has 1 fully saturated rings. The summed E-state index contributed by atoms with van der Waals surface area (Å²) in [5.41, 5.74) is 4.24. The van der Waals surface area contributed by atoms with Gasteiger partial charge in [0.25, 0.3) is 0 Å². The molecule has 0 saturated carbocycles. The van der Waals surface area contributed by atoms with Gasteiger partial charge in [-0.1, -0.05) is 35.3 Å². The van der Waals surface area contributed by atoms with Crippen LogP contribution in [0.5, 0.6) is 0 Å². The summed E-state index contributed by atoms with van der Waals surface area (Å²) in [5, 5.41) is 3.97. The van der Waals surface area contributed by atoms with Gasteiger partial charge in [-0.15, -0.1) is 0 Å². The van der Waals surface area contributed by atoms with Crippen molar-refractivity contribution >= 4 is 46.4 Å². The van der Waals surface area contributed by atoms with Crippen LogP contribution < -0.4 is 10.2 Å². The molecular weight excluding hydrogens is 371 g/mol. The first-order chi connectivity index (χ1) is 12.3. The molecule has 0 aliphatic carbocycles. The second-order valence-electron chi connectivity index (χ2n) is 6.77. The molecule has 1 unspecified atom stereocenters. The molecule has 1 heterocycles. The summed E-state index contributed by atoms with van der Waals surface area (Å²) in [6.07, 6.45) is 0.162. The maximum absolute atomic E-state index is 12.7. The number of benzene rings is 2. The molecule has 26 heavy (non-hydrogen) atoms. The Hall–Kier alpha value is -2.04. The fourth-order valence-corrected chi connectivity index (χ4v) is 3.91.